The van der Waals surface area contributed by atoms with E-state index in [9.17, 15) is 13.2 Å². The van der Waals surface area contributed by atoms with Crippen molar-refractivity contribution in [2.45, 2.75) is 26.2 Å². The van der Waals surface area contributed by atoms with Crippen molar-refractivity contribution < 1.29 is 13.2 Å². The highest BCUT2D eigenvalue weighted by Crippen LogP contribution is 2.32. The summed E-state index contributed by atoms with van der Waals surface area (Å²) >= 11 is 7.59. The number of hydrogen-bond acceptors (Lipinski definition) is 1. The minimum absolute atomic E-state index is 0.140. The van der Waals surface area contributed by atoms with E-state index in [0.29, 0.717) is 16.5 Å². The van der Waals surface area contributed by atoms with Crippen molar-refractivity contribution in [1.29, 1.82) is 0 Å². The molecule has 0 nitrogen and oxygen atoms in total. The van der Waals surface area contributed by atoms with Crippen LogP contribution in [0.15, 0.2) is 18.2 Å². The Balaban J connectivity index is 2.16. The minimum Gasteiger partial charge on any atom is -0.204 e. The summed E-state index contributed by atoms with van der Waals surface area (Å²) in [5.41, 5.74) is 0.297. The van der Waals surface area contributed by atoms with Crippen molar-refractivity contribution in [3.8, 4) is 11.8 Å². The lowest BCUT2D eigenvalue weighted by atomic mass is 10.1. The number of thiophene rings is 1. The Labute approximate surface area is 130 Å². The molecule has 0 aliphatic carbocycles. The molecule has 21 heavy (non-hydrogen) atoms. The van der Waals surface area contributed by atoms with Gasteiger partial charge in [0.1, 0.15) is 0 Å². The van der Waals surface area contributed by atoms with Gasteiger partial charge in [0.25, 0.3) is 0 Å². The molecule has 0 unspecified atom stereocenters. The zero-order valence-corrected chi connectivity index (χ0v) is 13.0. The van der Waals surface area contributed by atoms with Crippen LogP contribution < -0.4 is 0 Å². The van der Waals surface area contributed by atoms with E-state index in [-0.39, 0.29) is 6.42 Å². The molecule has 1 aromatic heterocycles. The summed E-state index contributed by atoms with van der Waals surface area (Å²) in [5.74, 6) is 2.18. The zero-order chi connectivity index (χ0) is 15.6. The van der Waals surface area contributed by atoms with Crippen molar-refractivity contribution in [3.63, 3.8) is 0 Å². The van der Waals surface area contributed by atoms with Crippen LogP contribution in [-0.2, 0) is 6.42 Å². The van der Waals surface area contributed by atoms with Gasteiger partial charge < -0.3 is 0 Å². The first-order valence-electron chi connectivity index (χ1n) is 6.30. The van der Waals surface area contributed by atoms with Crippen molar-refractivity contribution in [3.05, 3.63) is 56.0 Å². The number of hydrogen-bond donors (Lipinski definition) is 0. The van der Waals surface area contributed by atoms with Gasteiger partial charge in [-0.15, -0.1) is 11.3 Å². The summed E-state index contributed by atoms with van der Waals surface area (Å²) in [4.78, 5) is 1.85. The maximum atomic E-state index is 13.1. The lowest BCUT2D eigenvalue weighted by molar-refractivity contribution is 0.445. The summed E-state index contributed by atoms with van der Waals surface area (Å²) in [6, 6.07) is 3.68. The first-order valence-corrected chi connectivity index (χ1v) is 7.49. The van der Waals surface area contributed by atoms with Gasteiger partial charge in [0.15, 0.2) is 17.5 Å². The van der Waals surface area contributed by atoms with Crippen molar-refractivity contribution in [1.82, 2.24) is 0 Å². The predicted octanol–water partition coefficient (Wildman–Crippen LogP) is 5.54. The molecule has 0 saturated carbocycles. The summed E-state index contributed by atoms with van der Waals surface area (Å²) in [6.45, 7) is 4.08. The Morgan fingerprint density at radius 2 is 1.76 bits per heavy atom. The average molecular weight is 329 g/mol. The maximum absolute atomic E-state index is 13.1. The van der Waals surface area contributed by atoms with Gasteiger partial charge in [0, 0.05) is 11.3 Å². The van der Waals surface area contributed by atoms with Gasteiger partial charge in [-0.2, -0.15) is 0 Å². The van der Waals surface area contributed by atoms with E-state index in [1.807, 2.05) is 13.8 Å². The molecule has 0 aliphatic heterocycles. The number of halogens is 4. The van der Waals surface area contributed by atoms with Gasteiger partial charge in [-0.05, 0) is 29.7 Å². The highest BCUT2D eigenvalue weighted by Gasteiger charge is 2.10. The van der Waals surface area contributed by atoms with Gasteiger partial charge in [-0.1, -0.05) is 37.3 Å². The largest absolute Gasteiger partial charge is 0.204 e. The third kappa shape index (κ3) is 3.81. The van der Waals surface area contributed by atoms with Crippen LogP contribution in [0.4, 0.5) is 13.2 Å². The van der Waals surface area contributed by atoms with E-state index in [2.05, 4.69) is 11.8 Å². The zero-order valence-electron chi connectivity index (χ0n) is 11.4. The van der Waals surface area contributed by atoms with Crippen LogP contribution in [0.1, 0.15) is 35.1 Å². The lowest BCUT2D eigenvalue weighted by Gasteiger charge is -1.99. The Bertz CT molecular complexity index is 700. The Morgan fingerprint density at radius 1 is 1.14 bits per heavy atom. The van der Waals surface area contributed by atoms with Crippen LogP contribution in [0.25, 0.3) is 0 Å². The molecule has 110 valence electrons. The average Bonchev–Trinajstić information content (AvgIpc) is 2.77. The molecule has 5 heteroatoms. The van der Waals surface area contributed by atoms with Crippen LogP contribution in [0.2, 0.25) is 5.02 Å². The smallest absolute Gasteiger partial charge is 0.194 e. The molecule has 0 saturated heterocycles. The summed E-state index contributed by atoms with van der Waals surface area (Å²) in [7, 11) is 0. The first kappa shape index (κ1) is 15.9. The molecule has 0 atom stereocenters. The van der Waals surface area contributed by atoms with Gasteiger partial charge in [0.2, 0.25) is 0 Å². The molecule has 0 spiro atoms. The second-order valence-electron chi connectivity index (χ2n) is 4.83. The summed E-state index contributed by atoms with van der Waals surface area (Å²) in [6.07, 6.45) is 0.140. The fourth-order valence-corrected chi connectivity index (χ4v) is 3.22. The molecule has 1 heterocycles. The second kappa shape index (κ2) is 6.55. The Hall–Kier alpha value is -1.44. The van der Waals surface area contributed by atoms with Crippen LogP contribution in [-0.4, -0.2) is 0 Å². The molecular formula is C16H12ClF3S. The Morgan fingerprint density at radius 3 is 2.29 bits per heavy atom. The standard InChI is InChI=1S/C16H12ClF3S/c1-9(2)16-12(17)8-11(21-16)5-3-4-10-6-13(18)15(20)14(19)7-10/h6-9H,4H2,1-2H3. The summed E-state index contributed by atoms with van der Waals surface area (Å²) in [5, 5.41) is 0.679. The molecular weight excluding hydrogens is 317 g/mol. The molecule has 0 N–H and O–H groups in total. The molecule has 0 amide bonds. The lowest BCUT2D eigenvalue weighted by Crippen LogP contribution is -1.93. The van der Waals surface area contributed by atoms with Crippen LogP contribution in [0.5, 0.6) is 0 Å². The van der Waals surface area contributed by atoms with E-state index in [1.165, 1.54) is 11.3 Å². The Kier molecular flexibility index (Phi) is 4.97. The molecule has 1 aromatic carbocycles. The second-order valence-corrected chi connectivity index (χ2v) is 6.32. The maximum Gasteiger partial charge on any atom is 0.194 e. The number of rotatable bonds is 2. The van der Waals surface area contributed by atoms with Gasteiger partial charge in [-0.25, -0.2) is 13.2 Å². The van der Waals surface area contributed by atoms with E-state index in [1.54, 1.807) is 6.07 Å². The molecule has 0 radical (unpaired) electrons. The molecule has 2 rings (SSSR count). The van der Waals surface area contributed by atoms with Crippen molar-refractivity contribution >= 4 is 22.9 Å². The SMILES string of the molecule is CC(C)c1sc(C#CCc2cc(F)c(F)c(F)c2)cc1Cl. The highest BCUT2D eigenvalue weighted by atomic mass is 35.5. The molecule has 0 aliphatic rings. The van der Waals surface area contributed by atoms with Crippen molar-refractivity contribution in [2.75, 3.05) is 0 Å². The fraction of sp³-hybridized carbons (Fsp3) is 0.250. The predicted molar refractivity (Wildman–Crippen MR) is 80.3 cm³/mol. The molecule has 0 bridgehead atoms. The first-order chi connectivity index (χ1) is 9.88. The normalized spacial score (nSPS) is 10.6. The third-order valence-corrected chi connectivity index (χ3v) is 4.56. The van der Waals surface area contributed by atoms with Crippen LogP contribution in [0, 0.1) is 29.3 Å². The number of benzene rings is 1. The monoisotopic (exact) mass is 328 g/mol. The molecule has 0 fully saturated rings. The van der Waals surface area contributed by atoms with Gasteiger partial charge >= 0.3 is 0 Å². The fourth-order valence-electron chi connectivity index (χ4n) is 1.78. The van der Waals surface area contributed by atoms with E-state index < -0.39 is 17.5 Å². The van der Waals surface area contributed by atoms with Gasteiger partial charge in [0.05, 0.1) is 9.90 Å². The van der Waals surface area contributed by atoms with E-state index in [4.69, 9.17) is 11.6 Å². The third-order valence-electron chi connectivity index (χ3n) is 2.79. The van der Waals surface area contributed by atoms with E-state index >= 15 is 0 Å². The summed E-state index contributed by atoms with van der Waals surface area (Å²) < 4.78 is 38.9. The minimum atomic E-state index is -1.46. The molecule has 2 aromatic rings. The van der Waals surface area contributed by atoms with Crippen molar-refractivity contribution in [2.24, 2.45) is 0 Å². The van der Waals surface area contributed by atoms with E-state index in [0.717, 1.165) is 21.9 Å². The van der Waals surface area contributed by atoms with Gasteiger partial charge in [-0.3, -0.25) is 0 Å². The van der Waals surface area contributed by atoms with Crippen LogP contribution in [0.3, 0.4) is 0 Å². The quantitative estimate of drug-likeness (QED) is 0.502. The van der Waals surface area contributed by atoms with Crippen LogP contribution >= 0.6 is 22.9 Å². The topological polar surface area (TPSA) is 0 Å². The highest BCUT2D eigenvalue weighted by molar-refractivity contribution is 7.13.